The van der Waals surface area contributed by atoms with Crippen LogP contribution < -0.4 is 0 Å². The van der Waals surface area contributed by atoms with Crippen molar-refractivity contribution >= 4 is 0 Å². The third-order valence-electron chi connectivity index (χ3n) is 1.04. The van der Waals surface area contributed by atoms with Crippen LogP contribution in [0.15, 0.2) is 0 Å². The average Bonchev–Trinajstić information content (AvgIpc) is 2.20. The SMILES string of the molecule is CC#CC.CC#CC(C)C.CC#CCC. The fourth-order valence-electron chi connectivity index (χ4n) is 0.465. The fraction of sp³-hybridized carbons (Fsp3) is 0.600. The van der Waals surface area contributed by atoms with Gasteiger partial charge in [0.25, 0.3) is 0 Å². The summed E-state index contributed by atoms with van der Waals surface area (Å²) in [7, 11) is 0. The molecule has 0 heterocycles. The molecule has 0 spiro atoms. The van der Waals surface area contributed by atoms with Gasteiger partial charge in [-0.1, -0.05) is 20.8 Å². The molecule has 0 bridgehead atoms. The summed E-state index contributed by atoms with van der Waals surface area (Å²) in [6.07, 6.45) is 0.983. The minimum Gasteiger partial charge on any atom is -0.107 e. The van der Waals surface area contributed by atoms with Crippen molar-refractivity contribution in [3.8, 4) is 35.5 Å². The molecule has 15 heavy (non-hydrogen) atoms. The van der Waals surface area contributed by atoms with E-state index in [-0.39, 0.29) is 0 Å². The highest BCUT2D eigenvalue weighted by Gasteiger charge is 1.75. The second kappa shape index (κ2) is 23.0. The zero-order valence-corrected chi connectivity index (χ0v) is 11.3. The Labute approximate surface area is 96.9 Å². The summed E-state index contributed by atoms with van der Waals surface area (Å²) in [5, 5.41) is 0. The zero-order valence-electron chi connectivity index (χ0n) is 11.3. The van der Waals surface area contributed by atoms with Crippen molar-refractivity contribution in [3.05, 3.63) is 0 Å². The number of hydrogen-bond donors (Lipinski definition) is 0. The van der Waals surface area contributed by atoms with Crippen molar-refractivity contribution in [1.82, 2.24) is 0 Å². The molecule has 0 rings (SSSR count). The van der Waals surface area contributed by atoms with Crippen LogP contribution in [-0.2, 0) is 0 Å². The molecule has 0 saturated heterocycles. The van der Waals surface area contributed by atoms with Gasteiger partial charge < -0.3 is 0 Å². The average molecular weight is 204 g/mol. The standard InChI is InChI=1S/C6H10.C5H8.C4H6/c1-4-5-6(2)3;1-3-5-4-2;1-3-4-2/h6H,1-3H3;3H2,1-2H3;1-2H3. The molecular formula is C15H24. The molecule has 0 unspecified atom stereocenters. The van der Waals surface area contributed by atoms with Crippen molar-refractivity contribution < 1.29 is 0 Å². The monoisotopic (exact) mass is 204 g/mol. The Bertz CT molecular complexity index is 256. The lowest BCUT2D eigenvalue weighted by Crippen LogP contribution is -1.74. The Morgan fingerprint density at radius 2 is 1.27 bits per heavy atom. The highest BCUT2D eigenvalue weighted by atomic mass is 13.8. The van der Waals surface area contributed by atoms with Gasteiger partial charge in [0.1, 0.15) is 0 Å². The van der Waals surface area contributed by atoms with Gasteiger partial charge in [-0.05, 0) is 27.7 Å². The van der Waals surface area contributed by atoms with Crippen LogP contribution in [-0.4, -0.2) is 0 Å². The summed E-state index contributed by atoms with van der Waals surface area (Å²) in [4.78, 5) is 0. The first-order valence-electron chi connectivity index (χ1n) is 5.25. The van der Waals surface area contributed by atoms with Crippen molar-refractivity contribution in [3.63, 3.8) is 0 Å². The smallest absolute Gasteiger partial charge is 0.0146 e. The molecule has 0 aliphatic carbocycles. The van der Waals surface area contributed by atoms with Crippen LogP contribution >= 0.6 is 0 Å². The highest BCUT2D eigenvalue weighted by Crippen LogP contribution is 1.83. The van der Waals surface area contributed by atoms with Crippen LogP contribution in [0.1, 0.15) is 54.9 Å². The van der Waals surface area contributed by atoms with Gasteiger partial charge in [-0.3, -0.25) is 0 Å². The molecule has 0 nitrogen and oxygen atoms in total. The second-order valence-electron chi connectivity index (χ2n) is 2.83. The maximum Gasteiger partial charge on any atom is 0.0146 e. The van der Waals surface area contributed by atoms with Crippen molar-refractivity contribution in [2.24, 2.45) is 5.92 Å². The predicted molar refractivity (Wildman–Crippen MR) is 71.2 cm³/mol. The van der Waals surface area contributed by atoms with Crippen LogP contribution in [0.25, 0.3) is 0 Å². The van der Waals surface area contributed by atoms with Crippen LogP contribution in [0.3, 0.4) is 0 Å². The van der Waals surface area contributed by atoms with E-state index in [0.29, 0.717) is 5.92 Å². The van der Waals surface area contributed by atoms with Crippen molar-refractivity contribution in [2.45, 2.75) is 54.9 Å². The summed E-state index contributed by atoms with van der Waals surface area (Å²) in [6.45, 7) is 13.5. The van der Waals surface area contributed by atoms with Crippen LogP contribution in [0.4, 0.5) is 0 Å². The lowest BCUT2D eigenvalue weighted by Gasteiger charge is -1.82. The molecule has 0 amide bonds. The topological polar surface area (TPSA) is 0 Å². The third kappa shape index (κ3) is 66.0. The van der Waals surface area contributed by atoms with Gasteiger partial charge in [-0.25, -0.2) is 0 Å². The van der Waals surface area contributed by atoms with Gasteiger partial charge in [0, 0.05) is 12.3 Å². The Hall–Kier alpha value is -1.32. The molecular weight excluding hydrogens is 180 g/mol. The first-order chi connectivity index (χ1) is 7.10. The summed E-state index contributed by atoms with van der Waals surface area (Å²) in [5.41, 5.74) is 0. The van der Waals surface area contributed by atoms with Crippen LogP contribution in [0.5, 0.6) is 0 Å². The van der Waals surface area contributed by atoms with Crippen LogP contribution in [0, 0.1) is 41.4 Å². The summed E-state index contributed by atoms with van der Waals surface area (Å²) < 4.78 is 0. The molecule has 0 saturated carbocycles. The van der Waals surface area contributed by atoms with E-state index in [2.05, 4.69) is 49.4 Å². The maximum absolute atomic E-state index is 2.96. The minimum absolute atomic E-state index is 0.537. The fourth-order valence-corrected chi connectivity index (χ4v) is 0.465. The van der Waals surface area contributed by atoms with E-state index in [1.165, 1.54) is 0 Å². The first kappa shape index (κ1) is 19.3. The van der Waals surface area contributed by atoms with Gasteiger partial charge in [0.05, 0.1) is 0 Å². The minimum atomic E-state index is 0.537. The van der Waals surface area contributed by atoms with E-state index in [9.17, 15) is 0 Å². The largest absolute Gasteiger partial charge is 0.107 e. The van der Waals surface area contributed by atoms with Gasteiger partial charge in [-0.2, -0.15) is 0 Å². The van der Waals surface area contributed by atoms with Gasteiger partial charge in [0.15, 0.2) is 0 Å². The molecule has 0 aromatic rings. The summed E-state index contributed by atoms with van der Waals surface area (Å²) in [5.74, 6) is 17.3. The molecule has 84 valence electrons. The Morgan fingerprint density at radius 1 is 0.800 bits per heavy atom. The van der Waals surface area contributed by atoms with E-state index in [1.54, 1.807) is 0 Å². The zero-order chi connectivity index (χ0) is 12.5. The van der Waals surface area contributed by atoms with E-state index in [0.717, 1.165) is 6.42 Å². The normalized spacial score (nSPS) is 5.60. The molecule has 0 aliphatic rings. The quantitative estimate of drug-likeness (QED) is 0.521. The number of hydrogen-bond acceptors (Lipinski definition) is 0. The van der Waals surface area contributed by atoms with Gasteiger partial charge >= 0.3 is 0 Å². The Balaban J connectivity index is -0.000000147. The molecule has 0 aliphatic heterocycles. The maximum atomic E-state index is 2.96. The van der Waals surface area contributed by atoms with Crippen molar-refractivity contribution in [2.75, 3.05) is 0 Å². The lowest BCUT2D eigenvalue weighted by molar-refractivity contribution is 0.866. The molecule has 0 fully saturated rings. The second-order valence-corrected chi connectivity index (χ2v) is 2.83. The van der Waals surface area contributed by atoms with E-state index < -0.39 is 0 Å². The third-order valence-corrected chi connectivity index (χ3v) is 1.04. The number of rotatable bonds is 0. The lowest BCUT2D eigenvalue weighted by atomic mass is 10.2. The molecule has 0 heteroatoms. The molecule has 0 radical (unpaired) electrons. The summed E-state index contributed by atoms with van der Waals surface area (Å²) in [6, 6.07) is 0. The Kier molecular flexibility index (Phi) is 29.5. The molecule has 0 N–H and O–H groups in total. The van der Waals surface area contributed by atoms with Crippen LogP contribution in [0.2, 0.25) is 0 Å². The predicted octanol–water partition coefficient (Wildman–Crippen LogP) is 4.12. The molecule has 0 atom stereocenters. The van der Waals surface area contributed by atoms with Gasteiger partial charge in [-0.15, -0.1) is 35.5 Å². The molecule has 0 aromatic carbocycles. The Morgan fingerprint density at radius 3 is 1.27 bits per heavy atom. The van der Waals surface area contributed by atoms with Gasteiger partial charge in [0.2, 0.25) is 0 Å². The summed E-state index contributed by atoms with van der Waals surface area (Å²) >= 11 is 0. The first-order valence-corrected chi connectivity index (χ1v) is 5.25. The van der Waals surface area contributed by atoms with E-state index >= 15 is 0 Å². The highest BCUT2D eigenvalue weighted by molar-refractivity contribution is 4.97. The van der Waals surface area contributed by atoms with E-state index in [4.69, 9.17) is 0 Å². The molecule has 0 aromatic heterocycles. The van der Waals surface area contributed by atoms with E-state index in [1.807, 2.05) is 34.6 Å². The van der Waals surface area contributed by atoms with Crippen molar-refractivity contribution in [1.29, 1.82) is 0 Å².